The van der Waals surface area contributed by atoms with Crippen molar-refractivity contribution in [3.63, 3.8) is 0 Å². The summed E-state index contributed by atoms with van der Waals surface area (Å²) < 4.78 is 8.17. The average Bonchev–Trinajstić information content (AvgIpc) is 2.64. The summed E-state index contributed by atoms with van der Waals surface area (Å²) >= 11 is 0. The molecule has 0 amide bonds. The number of hydrogen-bond acceptors (Lipinski definition) is 2. The van der Waals surface area contributed by atoms with Gasteiger partial charge in [-0.25, -0.2) is 0 Å². The zero-order chi connectivity index (χ0) is 15.8. The molecule has 0 N–H and O–H groups in total. The maximum Gasteiger partial charge on any atom is 0.310 e. The summed E-state index contributed by atoms with van der Waals surface area (Å²) in [6.45, 7) is 0. The lowest BCUT2D eigenvalue weighted by molar-refractivity contribution is 0.103. The van der Waals surface area contributed by atoms with E-state index in [0.29, 0.717) is 0 Å². The minimum atomic E-state index is 0.0602. The second-order valence-corrected chi connectivity index (χ2v) is 4.61. The summed E-state index contributed by atoms with van der Waals surface area (Å²) in [7, 11) is 1.17. The molecule has 1 atom stereocenters. The maximum absolute atomic E-state index is 12.6. The van der Waals surface area contributed by atoms with Crippen molar-refractivity contribution < 1.29 is 9.36 Å². The van der Waals surface area contributed by atoms with E-state index in [0.717, 1.165) is 22.3 Å². The fourth-order valence-corrected chi connectivity index (χ4v) is 2.30. The fraction of sp³-hybridized carbons (Fsp3) is 0. The van der Waals surface area contributed by atoms with Crippen LogP contribution in [-0.4, -0.2) is 5.78 Å². The zero-order valence-electron chi connectivity index (χ0n) is 12.0. The van der Waals surface area contributed by atoms with E-state index < -0.39 is 0 Å². The summed E-state index contributed by atoms with van der Waals surface area (Å²) in [5, 5.41) is 0. The molecule has 22 heavy (non-hydrogen) atoms. The van der Waals surface area contributed by atoms with Crippen molar-refractivity contribution in [2.75, 3.05) is 0 Å². The van der Waals surface area contributed by atoms with Gasteiger partial charge < -0.3 is 0 Å². The van der Waals surface area contributed by atoms with Crippen LogP contribution in [0.5, 0.6) is 0 Å². The number of benzene rings is 3. The van der Waals surface area contributed by atoms with Crippen molar-refractivity contribution >= 4 is 14.9 Å². The monoisotopic (exact) mass is 307 g/mol. The summed E-state index contributed by atoms with van der Waals surface area (Å²) in [5.41, 5.74) is 3.50. The first-order chi connectivity index (χ1) is 10.9. The lowest BCUT2D eigenvalue weighted by atomic mass is 9.94. The molecule has 0 saturated carbocycles. The van der Waals surface area contributed by atoms with Crippen LogP contribution in [0.3, 0.4) is 0 Å². The molecule has 108 valence electrons. The molecule has 0 fully saturated rings. The van der Waals surface area contributed by atoms with Crippen LogP contribution in [0.1, 0.15) is 15.9 Å². The van der Waals surface area contributed by atoms with Gasteiger partial charge in [0.25, 0.3) is 0 Å². The van der Waals surface area contributed by atoms with Crippen LogP contribution < -0.4 is 0 Å². The first kappa shape index (κ1) is 15.8. The van der Waals surface area contributed by atoms with Crippen LogP contribution in [-0.2, 0) is 4.57 Å². The van der Waals surface area contributed by atoms with Gasteiger partial charge in [0, 0.05) is 11.1 Å². The Morgan fingerprint density at radius 3 is 1.77 bits per heavy atom. The molecule has 3 aromatic carbocycles. The third-order valence-corrected chi connectivity index (χ3v) is 3.29. The lowest BCUT2D eigenvalue weighted by Gasteiger charge is -2.09. The summed E-state index contributed by atoms with van der Waals surface area (Å²) in [5.74, 6) is 0.0602. The highest BCUT2D eigenvalue weighted by Crippen LogP contribution is 2.25. The van der Waals surface area contributed by atoms with Crippen molar-refractivity contribution in [1.82, 2.24) is 0 Å². The van der Waals surface area contributed by atoms with Crippen molar-refractivity contribution in [2.24, 2.45) is 0 Å². The second-order valence-electron chi connectivity index (χ2n) is 4.61. The van der Waals surface area contributed by atoms with Gasteiger partial charge in [-0.05, 0) is 11.1 Å². The van der Waals surface area contributed by atoms with Crippen molar-refractivity contribution in [2.45, 2.75) is 0 Å². The molecule has 0 spiro atoms. The highest BCUT2D eigenvalue weighted by Gasteiger charge is 2.13. The minimum Gasteiger partial charge on any atom is -0.289 e. The van der Waals surface area contributed by atoms with Gasteiger partial charge >= 0.3 is 9.12 Å². The molecule has 0 radical (unpaired) electrons. The molecule has 3 aromatic rings. The van der Waals surface area contributed by atoms with E-state index >= 15 is 0 Å². The van der Waals surface area contributed by atoms with Gasteiger partial charge in [0.15, 0.2) is 5.78 Å². The molecule has 0 aliphatic heterocycles. The summed E-state index contributed by atoms with van der Waals surface area (Å²) in [6.07, 6.45) is 0. The minimum absolute atomic E-state index is 0.0602. The fourth-order valence-electron chi connectivity index (χ4n) is 2.30. The predicted molar refractivity (Wildman–Crippen MR) is 92.1 cm³/mol. The van der Waals surface area contributed by atoms with Crippen LogP contribution in [0, 0.1) is 0 Å². The van der Waals surface area contributed by atoms with Crippen LogP contribution >= 0.6 is 9.12 Å². The van der Waals surface area contributed by atoms with E-state index in [9.17, 15) is 4.79 Å². The topological polar surface area (TPSA) is 34.1 Å². The number of ketones is 1. The highest BCUT2D eigenvalue weighted by atomic mass is 31.0. The molecule has 2 nitrogen and oxygen atoms in total. The quantitative estimate of drug-likeness (QED) is 0.515. The zero-order valence-corrected chi connectivity index (χ0v) is 13.1. The van der Waals surface area contributed by atoms with Crippen LogP contribution in [0.25, 0.3) is 11.1 Å². The average molecular weight is 307 g/mol. The van der Waals surface area contributed by atoms with Crippen molar-refractivity contribution in [3.05, 3.63) is 96.1 Å². The van der Waals surface area contributed by atoms with Gasteiger partial charge in [0.1, 0.15) is 0 Å². The van der Waals surface area contributed by atoms with Crippen molar-refractivity contribution in [3.8, 4) is 11.1 Å². The van der Waals surface area contributed by atoms with Crippen LogP contribution in [0.15, 0.2) is 84.9 Å². The van der Waals surface area contributed by atoms with E-state index in [4.69, 9.17) is 4.57 Å². The molecular weight excluding hydrogens is 291 g/mol. The molecule has 3 rings (SSSR count). The van der Waals surface area contributed by atoms with Crippen LogP contribution in [0.2, 0.25) is 0 Å². The van der Waals surface area contributed by atoms with E-state index in [2.05, 4.69) is 0 Å². The molecule has 0 bridgehead atoms. The highest BCUT2D eigenvalue weighted by molar-refractivity contribution is 7.00. The Kier molecular flexibility index (Phi) is 5.76. The normalized spacial score (nSPS) is 9.45. The predicted octanol–water partition coefficient (Wildman–Crippen LogP) is 4.79. The number of hydrogen-bond donors (Lipinski definition) is 0. The second kappa shape index (κ2) is 8.02. The molecule has 1 unspecified atom stereocenters. The van der Waals surface area contributed by atoms with Gasteiger partial charge in [-0.15, -0.1) is 0 Å². The Hall–Kier alpha value is -2.57. The molecule has 0 saturated heterocycles. The number of carbonyl (C=O) groups is 1. The maximum atomic E-state index is 12.6. The first-order valence-electron chi connectivity index (χ1n) is 6.84. The Morgan fingerprint density at radius 1 is 0.636 bits per heavy atom. The van der Waals surface area contributed by atoms with Crippen molar-refractivity contribution in [1.29, 1.82) is 0 Å². The third-order valence-electron chi connectivity index (χ3n) is 3.29. The molecule has 0 heterocycles. The summed E-state index contributed by atoms with van der Waals surface area (Å²) in [6, 6.07) is 27.1. The van der Waals surface area contributed by atoms with E-state index in [1.807, 2.05) is 84.9 Å². The van der Waals surface area contributed by atoms with E-state index in [1.165, 1.54) is 9.12 Å². The van der Waals surface area contributed by atoms with Crippen LogP contribution in [0.4, 0.5) is 0 Å². The third kappa shape index (κ3) is 3.55. The van der Waals surface area contributed by atoms with Gasteiger partial charge in [0.05, 0.1) is 0 Å². The van der Waals surface area contributed by atoms with Gasteiger partial charge in [-0.1, -0.05) is 89.5 Å². The van der Waals surface area contributed by atoms with Gasteiger partial charge in [0.2, 0.25) is 0 Å². The smallest absolute Gasteiger partial charge is 0.289 e. The Balaban J connectivity index is 0.000000847. The molecule has 0 aliphatic carbocycles. The Morgan fingerprint density at radius 2 is 1.14 bits per heavy atom. The molecule has 0 aliphatic rings. The Bertz CT molecular complexity index is 740. The van der Waals surface area contributed by atoms with E-state index in [1.54, 1.807) is 0 Å². The molecular formula is C19H16O2P+. The van der Waals surface area contributed by atoms with Gasteiger partial charge in [-0.2, -0.15) is 0 Å². The standard InChI is InChI=1S/C19H14O.H2OP/c20-19(16-11-5-2-6-12-16)18-14-8-7-13-17(18)15-9-3-1-4-10-15;1-2/h1-14H;2H2/q;+1. The lowest BCUT2D eigenvalue weighted by Crippen LogP contribution is -2.03. The number of carbonyl (C=O) groups excluding carboxylic acids is 1. The largest absolute Gasteiger partial charge is 0.310 e. The SMILES string of the molecule is O=C(c1ccccc1)c1ccccc1-c1ccccc1.O=[PH2+]. The summed E-state index contributed by atoms with van der Waals surface area (Å²) in [4.78, 5) is 12.6. The first-order valence-corrected chi connectivity index (χ1v) is 7.31. The van der Waals surface area contributed by atoms with E-state index in [-0.39, 0.29) is 5.78 Å². The number of rotatable bonds is 3. The Labute approximate surface area is 132 Å². The molecule has 0 aromatic heterocycles. The van der Waals surface area contributed by atoms with Gasteiger partial charge in [-0.3, -0.25) is 4.79 Å². The molecule has 3 heteroatoms.